The molecule has 3 aromatic heterocycles. The molecule has 0 aromatic carbocycles. The zero-order valence-electron chi connectivity index (χ0n) is 13.2. The molecule has 2 atom stereocenters. The maximum absolute atomic E-state index is 5.50. The molecule has 24 heavy (non-hydrogen) atoms. The normalized spacial score (nSPS) is 20.2. The molecule has 1 fully saturated rings. The molecule has 0 aliphatic carbocycles. The average Bonchev–Trinajstić information content (AvgIpc) is 3.22. The van der Waals surface area contributed by atoms with Gasteiger partial charge in [-0.3, -0.25) is 9.97 Å². The van der Waals surface area contributed by atoms with E-state index in [9.17, 15) is 0 Å². The topological polar surface area (TPSA) is 46.0 Å². The van der Waals surface area contributed by atoms with Crippen LogP contribution in [0.15, 0.2) is 67.3 Å². The van der Waals surface area contributed by atoms with Crippen LogP contribution in [0.2, 0.25) is 0 Å². The van der Waals surface area contributed by atoms with Crippen LogP contribution in [0.4, 0.5) is 0 Å². The summed E-state index contributed by atoms with van der Waals surface area (Å²) in [6, 6.07) is 14.2. The summed E-state index contributed by atoms with van der Waals surface area (Å²) in [5.74, 6) is 0. The van der Waals surface area contributed by atoms with Gasteiger partial charge in [0.2, 0.25) is 0 Å². The van der Waals surface area contributed by atoms with Crippen LogP contribution in [0.5, 0.6) is 0 Å². The standard InChI is InChI=1S/C18H17N5S/c1-22-17(16(21-18(22)24)14-5-2-3-9-20-14)15-6-4-12-23(15)13-7-10-19-11-8-13/h2-12,16-17H,1H3,(H,21,24)/t16-,17+/m0/s1. The minimum absolute atomic E-state index is 0.0131. The van der Waals surface area contributed by atoms with Crippen molar-refractivity contribution in [2.75, 3.05) is 7.05 Å². The molecule has 3 aromatic rings. The summed E-state index contributed by atoms with van der Waals surface area (Å²) in [7, 11) is 2.02. The van der Waals surface area contributed by atoms with E-state index in [0.717, 1.165) is 22.2 Å². The van der Waals surface area contributed by atoms with Crippen molar-refractivity contribution >= 4 is 17.3 Å². The van der Waals surface area contributed by atoms with Crippen molar-refractivity contribution in [3.63, 3.8) is 0 Å². The molecule has 1 aliphatic heterocycles. The quantitative estimate of drug-likeness (QED) is 0.746. The molecule has 0 bridgehead atoms. The second-order valence-electron chi connectivity index (χ2n) is 5.75. The van der Waals surface area contributed by atoms with Crippen LogP contribution in [0, 0.1) is 0 Å². The van der Waals surface area contributed by atoms with Gasteiger partial charge in [-0.1, -0.05) is 6.07 Å². The molecule has 0 unspecified atom stereocenters. The number of rotatable bonds is 3. The first-order chi connectivity index (χ1) is 11.8. The molecule has 0 amide bonds. The fourth-order valence-electron chi connectivity index (χ4n) is 3.20. The molecule has 5 nitrogen and oxygen atoms in total. The Balaban J connectivity index is 1.80. The van der Waals surface area contributed by atoms with Gasteiger partial charge < -0.3 is 14.8 Å². The van der Waals surface area contributed by atoms with E-state index in [1.807, 2.05) is 43.6 Å². The number of nitrogens with one attached hydrogen (secondary N) is 1. The molecule has 1 N–H and O–H groups in total. The Morgan fingerprint density at radius 3 is 2.62 bits per heavy atom. The summed E-state index contributed by atoms with van der Waals surface area (Å²) in [5.41, 5.74) is 3.22. The van der Waals surface area contributed by atoms with Gasteiger partial charge in [-0.2, -0.15) is 0 Å². The molecular formula is C18H17N5S. The Labute approximate surface area is 146 Å². The Hall–Kier alpha value is -2.73. The van der Waals surface area contributed by atoms with E-state index in [1.54, 1.807) is 12.4 Å². The molecular weight excluding hydrogens is 318 g/mol. The Bertz CT molecular complexity index is 846. The van der Waals surface area contributed by atoms with Crippen molar-refractivity contribution in [2.24, 2.45) is 0 Å². The number of pyridine rings is 2. The molecule has 6 heteroatoms. The lowest BCUT2D eigenvalue weighted by Crippen LogP contribution is -2.25. The number of aromatic nitrogens is 3. The maximum atomic E-state index is 5.50. The van der Waals surface area contributed by atoms with Crippen LogP contribution in [0.25, 0.3) is 5.69 Å². The summed E-state index contributed by atoms with van der Waals surface area (Å²) in [4.78, 5) is 10.7. The Morgan fingerprint density at radius 1 is 1.04 bits per heavy atom. The zero-order chi connectivity index (χ0) is 16.5. The van der Waals surface area contributed by atoms with Gasteiger partial charge in [-0.15, -0.1) is 0 Å². The highest BCUT2D eigenvalue weighted by Crippen LogP contribution is 2.38. The molecule has 1 saturated heterocycles. The van der Waals surface area contributed by atoms with Crippen LogP contribution >= 0.6 is 12.2 Å². The second-order valence-corrected chi connectivity index (χ2v) is 6.13. The van der Waals surface area contributed by atoms with Crippen LogP contribution in [0.1, 0.15) is 23.5 Å². The number of hydrogen-bond acceptors (Lipinski definition) is 3. The highest BCUT2D eigenvalue weighted by Gasteiger charge is 2.39. The van der Waals surface area contributed by atoms with Crippen LogP contribution in [0.3, 0.4) is 0 Å². The third kappa shape index (κ3) is 2.45. The van der Waals surface area contributed by atoms with Crippen molar-refractivity contribution in [2.45, 2.75) is 12.1 Å². The second kappa shape index (κ2) is 6.05. The molecule has 1 aliphatic rings. The van der Waals surface area contributed by atoms with Crippen molar-refractivity contribution in [3.05, 3.63) is 78.6 Å². The fraction of sp³-hybridized carbons (Fsp3) is 0.167. The predicted molar refractivity (Wildman–Crippen MR) is 96.8 cm³/mol. The maximum Gasteiger partial charge on any atom is 0.169 e. The number of thiocarbonyl (C=S) groups is 1. The molecule has 0 spiro atoms. The summed E-state index contributed by atoms with van der Waals surface area (Å²) in [6.07, 6.45) is 7.49. The minimum Gasteiger partial charge on any atom is -0.352 e. The van der Waals surface area contributed by atoms with Gasteiger partial charge in [-0.25, -0.2) is 0 Å². The van der Waals surface area contributed by atoms with E-state index in [-0.39, 0.29) is 12.1 Å². The van der Waals surface area contributed by atoms with E-state index in [1.165, 1.54) is 0 Å². The number of hydrogen-bond donors (Lipinski definition) is 1. The van der Waals surface area contributed by atoms with E-state index in [2.05, 4.69) is 43.1 Å². The van der Waals surface area contributed by atoms with Crippen molar-refractivity contribution in [3.8, 4) is 5.69 Å². The van der Waals surface area contributed by atoms with Gasteiger partial charge in [0, 0.05) is 43.2 Å². The van der Waals surface area contributed by atoms with Gasteiger partial charge in [0.05, 0.1) is 17.8 Å². The third-order valence-corrected chi connectivity index (χ3v) is 4.77. The lowest BCUT2D eigenvalue weighted by molar-refractivity contribution is 0.357. The first-order valence-electron chi connectivity index (χ1n) is 7.77. The lowest BCUT2D eigenvalue weighted by atomic mass is 10.0. The van der Waals surface area contributed by atoms with Crippen LogP contribution in [-0.4, -0.2) is 31.6 Å². The fourth-order valence-corrected chi connectivity index (χ4v) is 3.44. The monoisotopic (exact) mass is 335 g/mol. The lowest BCUT2D eigenvalue weighted by Gasteiger charge is -2.25. The summed E-state index contributed by atoms with van der Waals surface area (Å²) in [6.45, 7) is 0. The van der Waals surface area contributed by atoms with Crippen LogP contribution in [-0.2, 0) is 0 Å². The zero-order valence-corrected chi connectivity index (χ0v) is 14.0. The SMILES string of the molecule is CN1C(=S)N[C@@H](c2ccccn2)[C@H]1c1cccn1-c1ccncc1. The molecule has 0 radical (unpaired) electrons. The highest BCUT2D eigenvalue weighted by atomic mass is 32.1. The van der Waals surface area contributed by atoms with E-state index >= 15 is 0 Å². The van der Waals surface area contributed by atoms with E-state index in [0.29, 0.717) is 0 Å². The number of likely N-dealkylation sites (N-methyl/N-ethyl adjacent to an activating group) is 1. The molecule has 120 valence electrons. The first kappa shape index (κ1) is 14.8. The van der Waals surface area contributed by atoms with Gasteiger partial charge in [-0.05, 0) is 48.6 Å². The minimum atomic E-state index is 0.0131. The van der Waals surface area contributed by atoms with Crippen molar-refractivity contribution < 1.29 is 0 Å². The summed E-state index contributed by atoms with van der Waals surface area (Å²) >= 11 is 5.50. The molecule has 4 rings (SSSR count). The summed E-state index contributed by atoms with van der Waals surface area (Å²) in [5, 5.41) is 4.14. The Kier molecular flexibility index (Phi) is 3.74. The van der Waals surface area contributed by atoms with E-state index < -0.39 is 0 Å². The molecule has 0 saturated carbocycles. The van der Waals surface area contributed by atoms with Crippen LogP contribution < -0.4 is 5.32 Å². The smallest absolute Gasteiger partial charge is 0.169 e. The van der Waals surface area contributed by atoms with Gasteiger partial charge in [0.1, 0.15) is 0 Å². The highest BCUT2D eigenvalue weighted by molar-refractivity contribution is 7.80. The Morgan fingerprint density at radius 2 is 1.88 bits per heavy atom. The first-order valence-corrected chi connectivity index (χ1v) is 8.18. The summed E-state index contributed by atoms with van der Waals surface area (Å²) < 4.78 is 2.17. The number of nitrogens with zero attached hydrogens (tertiary/aromatic N) is 4. The average molecular weight is 335 g/mol. The van der Waals surface area contributed by atoms with Crippen molar-refractivity contribution in [1.29, 1.82) is 0 Å². The van der Waals surface area contributed by atoms with Crippen molar-refractivity contribution in [1.82, 2.24) is 24.8 Å². The predicted octanol–water partition coefficient (Wildman–Crippen LogP) is 2.87. The van der Waals surface area contributed by atoms with Gasteiger partial charge in [0.15, 0.2) is 5.11 Å². The largest absolute Gasteiger partial charge is 0.352 e. The van der Waals surface area contributed by atoms with Gasteiger partial charge in [0.25, 0.3) is 0 Å². The van der Waals surface area contributed by atoms with Gasteiger partial charge >= 0.3 is 0 Å². The van der Waals surface area contributed by atoms with E-state index in [4.69, 9.17) is 12.2 Å². The third-order valence-electron chi connectivity index (χ3n) is 4.36. The molecule has 4 heterocycles.